The minimum absolute atomic E-state index is 0. The van der Waals surface area contributed by atoms with Gasteiger partial charge in [-0.3, -0.25) is 0 Å². The van der Waals surface area contributed by atoms with Crippen molar-refractivity contribution in [2.45, 2.75) is 0 Å². The van der Waals surface area contributed by atoms with Crippen molar-refractivity contribution in [2.75, 3.05) is 0 Å². The summed E-state index contributed by atoms with van der Waals surface area (Å²) in [6.07, 6.45) is 0. The summed E-state index contributed by atoms with van der Waals surface area (Å²) in [7, 11) is -2.17. The molecule has 0 amide bonds. The van der Waals surface area contributed by atoms with Gasteiger partial charge in [0.2, 0.25) is 0 Å². The molecule has 0 bridgehead atoms. The van der Waals surface area contributed by atoms with Gasteiger partial charge in [0, 0.05) is 0 Å². The molecule has 11 heteroatoms. The zero-order valence-corrected chi connectivity index (χ0v) is 3.92. The van der Waals surface area contributed by atoms with Crippen molar-refractivity contribution >= 4 is 144 Å². The monoisotopic (exact) mass is 404 g/mol. The van der Waals surface area contributed by atoms with Crippen LogP contribution in [0.15, 0.2) is 0 Å². The van der Waals surface area contributed by atoms with Crippen LogP contribution in [0.2, 0.25) is 0 Å². The van der Waals surface area contributed by atoms with Gasteiger partial charge in [-0.05, 0) is 0 Å². The Balaban J connectivity index is -0.00000000214. The Kier molecular flexibility index (Phi) is 256. The maximum atomic E-state index is 7.17. The van der Waals surface area contributed by atoms with Crippen LogP contribution in [0.25, 0.3) is 0 Å². The number of hydrogen-bond acceptors (Lipinski definition) is 3. The van der Waals surface area contributed by atoms with Gasteiger partial charge in [-0.1, -0.05) is 0 Å². The van der Waals surface area contributed by atoms with Crippen LogP contribution in [-0.4, -0.2) is 181 Å². The third-order valence-electron chi connectivity index (χ3n) is 0. The Morgan fingerprint density at radius 1 is 0.545 bits per heavy atom. The third kappa shape index (κ3) is 119. The Morgan fingerprint density at radius 2 is 0.545 bits per heavy atom. The van der Waals surface area contributed by atoms with Crippen molar-refractivity contribution in [1.29, 1.82) is 0 Å². The van der Waals surface area contributed by atoms with E-state index < -0.39 is 7.32 Å². The summed E-state index contributed by atoms with van der Waals surface area (Å²) in [5.41, 5.74) is 0. The average molecular weight is 403 g/mol. The van der Waals surface area contributed by atoms with Crippen molar-refractivity contribution in [3.05, 3.63) is 0 Å². The van der Waals surface area contributed by atoms with Gasteiger partial charge >= 0.3 is 144 Å². The molecule has 0 aromatic heterocycles. The molecule has 0 aliphatic heterocycles. The van der Waals surface area contributed by atoms with Gasteiger partial charge in [0.25, 0.3) is 0 Å². The van der Waals surface area contributed by atoms with E-state index in [2.05, 4.69) is 0 Å². The second-order valence-electron chi connectivity index (χ2n) is 0.346. The molecule has 0 radical (unpaired) electrons. The molecule has 0 fully saturated rings. The molecule has 0 aliphatic rings. The van der Waals surface area contributed by atoms with Crippen LogP contribution in [0.5, 0.6) is 0 Å². The summed E-state index contributed by atoms with van der Waals surface area (Å²) in [6, 6.07) is 0. The van der Waals surface area contributed by atoms with Gasteiger partial charge in [0.1, 0.15) is 0 Å². The van der Waals surface area contributed by atoms with Gasteiger partial charge in [-0.25, -0.2) is 0 Å². The van der Waals surface area contributed by atoms with Crippen molar-refractivity contribution in [1.82, 2.24) is 0 Å². The van der Waals surface area contributed by atoms with Crippen LogP contribution in [0, 0.1) is 0 Å². The summed E-state index contributed by atoms with van der Waals surface area (Å²) < 4.78 is 0. The van der Waals surface area contributed by atoms with Gasteiger partial charge in [0.15, 0.2) is 0 Å². The second kappa shape index (κ2) is 47.7. The van der Waals surface area contributed by atoms with Crippen LogP contribution in [0.3, 0.4) is 0 Å². The summed E-state index contributed by atoms with van der Waals surface area (Å²) in [4.78, 5) is 0. The average Bonchev–Trinajstić information content (AvgIpc) is 0.811. The first kappa shape index (κ1) is 59.0. The van der Waals surface area contributed by atoms with Crippen molar-refractivity contribution in [3.63, 3.8) is 0 Å². The molecular weight excluding hydrogens is 386 g/mol. The summed E-state index contributed by atoms with van der Waals surface area (Å²) >= 11 is 0. The molecule has 0 rings (SSSR count). The van der Waals surface area contributed by atoms with E-state index in [1.807, 2.05) is 0 Å². The SMILES string of the molecule is O.O.O.O.OB(O)O.[SrH2].[SrH2].[SrH2]. The molecule has 0 aliphatic carbocycles. The van der Waals surface area contributed by atoms with Gasteiger partial charge in [0.05, 0.1) is 0 Å². The van der Waals surface area contributed by atoms with E-state index >= 15 is 0 Å². The topological polar surface area (TPSA) is 187 Å². The van der Waals surface area contributed by atoms with E-state index in [1.165, 1.54) is 0 Å². The van der Waals surface area contributed by atoms with Crippen LogP contribution in [0.1, 0.15) is 0 Å². The molecule has 68 valence electrons. The summed E-state index contributed by atoms with van der Waals surface area (Å²) in [6.45, 7) is 0. The van der Waals surface area contributed by atoms with Crippen LogP contribution in [0.4, 0.5) is 0 Å². The fraction of sp³-hybridized carbons (Fsp3) is 0. The Morgan fingerprint density at radius 3 is 0.545 bits per heavy atom. The van der Waals surface area contributed by atoms with Gasteiger partial charge in [-0.15, -0.1) is 0 Å². The van der Waals surface area contributed by atoms with E-state index in [-0.39, 0.29) is 158 Å². The molecule has 0 saturated carbocycles. The summed E-state index contributed by atoms with van der Waals surface area (Å²) in [5.74, 6) is 0. The molecule has 11 N–H and O–H groups in total. The first-order valence-electron chi connectivity index (χ1n) is 0.775. The van der Waals surface area contributed by atoms with E-state index in [0.717, 1.165) is 0 Å². The minimum atomic E-state index is -2.17. The van der Waals surface area contributed by atoms with Gasteiger partial charge < -0.3 is 37.0 Å². The molecular formula is H17BO7Sr3. The van der Waals surface area contributed by atoms with E-state index in [1.54, 1.807) is 0 Å². The molecule has 7 nitrogen and oxygen atoms in total. The third-order valence-corrected chi connectivity index (χ3v) is 0. The van der Waals surface area contributed by atoms with Crippen LogP contribution in [-0.2, 0) is 0 Å². The molecule has 0 atom stereocenters. The van der Waals surface area contributed by atoms with Crippen molar-refractivity contribution in [2.24, 2.45) is 0 Å². The van der Waals surface area contributed by atoms with Crippen LogP contribution >= 0.6 is 0 Å². The quantitative estimate of drug-likeness (QED) is 0.340. The predicted octanol–water partition coefficient (Wildman–Crippen LogP) is -8.10. The molecule has 0 aromatic rings. The molecule has 0 unspecified atom stereocenters. The Labute approximate surface area is 176 Å². The van der Waals surface area contributed by atoms with Gasteiger partial charge in [-0.2, -0.15) is 0 Å². The van der Waals surface area contributed by atoms with E-state index in [9.17, 15) is 0 Å². The van der Waals surface area contributed by atoms with Crippen molar-refractivity contribution in [3.8, 4) is 0 Å². The Bertz CT molecular complexity index is 18.4. The molecule has 0 aromatic carbocycles. The molecule has 0 heterocycles. The standard InChI is InChI=1S/BH3O3.4H2O.3Sr.6H/c2-1(3)4;;;;;;;;;;;;;/h2-4H;4*1H2;;;;;;;;;. The molecule has 0 saturated heterocycles. The fourth-order valence-electron chi connectivity index (χ4n) is 0. The first-order chi connectivity index (χ1) is 1.73. The van der Waals surface area contributed by atoms with E-state index in [4.69, 9.17) is 15.1 Å². The normalized spacial score (nSPS) is 2.45. The zero-order valence-electron chi connectivity index (χ0n) is 3.92. The fourth-order valence-corrected chi connectivity index (χ4v) is 0. The molecule has 11 heavy (non-hydrogen) atoms. The number of hydrogen-bond donors (Lipinski definition) is 3. The van der Waals surface area contributed by atoms with Crippen molar-refractivity contribution < 1.29 is 37.0 Å². The first-order valence-corrected chi connectivity index (χ1v) is 0.775. The van der Waals surface area contributed by atoms with E-state index in [0.29, 0.717) is 0 Å². The number of rotatable bonds is 0. The zero-order chi connectivity index (χ0) is 3.58. The summed E-state index contributed by atoms with van der Waals surface area (Å²) in [5, 5.41) is 21.5. The van der Waals surface area contributed by atoms with Crippen LogP contribution < -0.4 is 0 Å². The molecule has 0 spiro atoms. The second-order valence-corrected chi connectivity index (χ2v) is 0.346. The predicted molar refractivity (Wildman–Crippen MR) is 52.5 cm³/mol. The Hall–Kier alpha value is 4.23. The maximum absolute atomic E-state index is 7.17.